The van der Waals surface area contributed by atoms with Crippen molar-refractivity contribution in [3.8, 4) is 0 Å². The summed E-state index contributed by atoms with van der Waals surface area (Å²) in [7, 11) is 0. The summed E-state index contributed by atoms with van der Waals surface area (Å²) < 4.78 is 5.47. The molecule has 4 heteroatoms. The predicted molar refractivity (Wildman–Crippen MR) is 74.7 cm³/mol. The molecule has 0 aliphatic heterocycles. The fraction of sp³-hybridized carbons (Fsp3) is 0.800. The van der Waals surface area contributed by atoms with E-state index in [1.807, 2.05) is 0 Å². The van der Waals surface area contributed by atoms with Gasteiger partial charge in [0.2, 0.25) is 0 Å². The van der Waals surface area contributed by atoms with E-state index in [-0.39, 0.29) is 0 Å². The van der Waals surface area contributed by atoms with Gasteiger partial charge in [0.15, 0.2) is 5.76 Å². The normalized spacial score (nSPS) is 19.3. The Morgan fingerprint density at radius 1 is 1.37 bits per heavy atom. The van der Waals surface area contributed by atoms with Crippen LogP contribution in [0.1, 0.15) is 56.9 Å². The van der Waals surface area contributed by atoms with Crippen LogP contribution >= 0.6 is 0 Å². The highest BCUT2D eigenvalue weighted by Gasteiger charge is 2.29. The molecule has 0 saturated heterocycles. The second kappa shape index (κ2) is 6.06. The fourth-order valence-electron chi connectivity index (χ4n) is 2.44. The smallest absolute Gasteiger partial charge is 0.151 e. The minimum atomic E-state index is 0.729. The Labute approximate surface area is 115 Å². The van der Waals surface area contributed by atoms with Gasteiger partial charge in [-0.1, -0.05) is 18.5 Å². The summed E-state index contributed by atoms with van der Waals surface area (Å²) in [4.78, 5) is 2.56. The summed E-state index contributed by atoms with van der Waals surface area (Å²) in [5.74, 6) is 1.02. The Balaban J connectivity index is 1.49. The molecule has 1 N–H and O–H groups in total. The highest BCUT2D eigenvalue weighted by molar-refractivity contribution is 5.06. The van der Waals surface area contributed by atoms with E-state index in [4.69, 9.17) is 4.52 Å². The number of rotatable bonds is 9. The Morgan fingerprint density at radius 3 is 2.89 bits per heavy atom. The number of hydrogen-bond acceptors (Lipinski definition) is 4. The molecular weight excluding hydrogens is 238 g/mol. The zero-order valence-electron chi connectivity index (χ0n) is 11.9. The number of aromatic nitrogens is 1. The van der Waals surface area contributed by atoms with Crippen LogP contribution in [-0.4, -0.2) is 28.7 Å². The molecule has 2 fully saturated rings. The van der Waals surface area contributed by atoms with Crippen LogP contribution in [0.15, 0.2) is 10.6 Å². The lowest BCUT2D eigenvalue weighted by atomic mass is 10.3. The van der Waals surface area contributed by atoms with Crippen molar-refractivity contribution in [3.63, 3.8) is 0 Å². The number of nitrogens with zero attached hydrogens (tertiary/aromatic N) is 2. The summed E-state index contributed by atoms with van der Waals surface area (Å²) in [5, 5.41) is 7.64. The van der Waals surface area contributed by atoms with E-state index in [0.717, 1.165) is 36.6 Å². The lowest BCUT2D eigenvalue weighted by Crippen LogP contribution is -2.26. The number of hydrogen-bond donors (Lipinski definition) is 1. The van der Waals surface area contributed by atoms with Gasteiger partial charge in [-0.05, 0) is 38.6 Å². The molecule has 0 bridgehead atoms. The van der Waals surface area contributed by atoms with Gasteiger partial charge in [-0.3, -0.25) is 4.90 Å². The third-order valence-corrected chi connectivity index (χ3v) is 3.98. The van der Waals surface area contributed by atoms with E-state index in [9.17, 15) is 0 Å². The molecule has 2 aliphatic rings. The first kappa shape index (κ1) is 13.1. The van der Waals surface area contributed by atoms with E-state index < -0.39 is 0 Å². The molecule has 0 atom stereocenters. The van der Waals surface area contributed by atoms with E-state index in [1.165, 1.54) is 45.1 Å². The summed E-state index contributed by atoms with van der Waals surface area (Å²) in [6.07, 6.45) is 7.88. The van der Waals surface area contributed by atoms with Gasteiger partial charge in [0.05, 0.1) is 12.2 Å². The first-order chi connectivity index (χ1) is 9.35. The van der Waals surface area contributed by atoms with Gasteiger partial charge in [0.25, 0.3) is 0 Å². The molecule has 0 radical (unpaired) electrons. The summed E-state index contributed by atoms with van der Waals surface area (Å²) >= 11 is 0. The van der Waals surface area contributed by atoms with Gasteiger partial charge >= 0.3 is 0 Å². The molecule has 0 amide bonds. The van der Waals surface area contributed by atoms with Gasteiger partial charge in [0, 0.05) is 24.7 Å². The lowest BCUT2D eigenvalue weighted by Gasteiger charge is -2.19. The Morgan fingerprint density at radius 2 is 2.21 bits per heavy atom. The van der Waals surface area contributed by atoms with Crippen LogP contribution in [0.2, 0.25) is 0 Å². The summed E-state index contributed by atoms with van der Waals surface area (Å²) in [6, 6.07) is 3.65. The molecule has 106 valence electrons. The molecule has 0 spiro atoms. The third-order valence-electron chi connectivity index (χ3n) is 3.98. The molecule has 4 nitrogen and oxygen atoms in total. The highest BCUT2D eigenvalue weighted by atomic mass is 16.5. The second-order valence-electron chi connectivity index (χ2n) is 5.99. The van der Waals surface area contributed by atoms with Crippen molar-refractivity contribution in [1.29, 1.82) is 0 Å². The van der Waals surface area contributed by atoms with Gasteiger partial charge in [-0.25, -0.2) is 0 Å². The number of unbranched alkanes of at least 4 members (excludes halogenated alkanes) is 1. The van der Waals surface area contributed by atoms with Crippen LogP contribution in [-0.2, 0) is 13.1 Å². The zero-order chi connectivity index (χ0) is 13.1. The van der Waals surface area contributed by atoms with Crippen molar-refractivity contribution in [1.82, 2.24) is 15.4 Å². The molecule has 0 unspecified atom stereocenters. The monoisotopic (exact) mass is 263 g/mol. The molecule has 19 heavy (non-hydrogen) atoms. The van der Waals surface area contributed by atoms with Crippen LogP contribution in [0.3, 0.4) is 0 Å². The standard InChI is InChI=1S/C15H25N3O/c1-2-3-8-18(14-6-7-14)11-15-9-13(17-19-15)10-16-12-4-5-12/h9,12,14,16H,2-8,10-11H2,1H3. The first-order valence-electron chi connectivity index (χ1n) is 7.77. The topological polar surface area (TPSA) is 41.3 Å². The molecule has 0 aromatic carbocycles. The van der Waals surface area contributed by atoms with E-state index in [2.05, 4.69) is 28.4 Å². The van der Waals surface area contributed by atoms with Crippen LogP contribution in [0.5, 0.6) is 0 Å². The van der Waals surface area contributed by atoms with Gasteiger partial charge < -0.3 is 9.84 Å². The lowest BCUT2D eigenvalue weighted by molar-refractivity contribution is 0.218. The van der Waals surface area contributed by atoms with E-state index in [0.29, 0.717) is 0 Å². The zero-order valence-corrected chi connectivity index (χ0v) is 11.9. The van der Waals surface area contributed by atoms with E-state index in [1.54, 1.807) is 0 Å². The maximum absolute atomic E-state index is 5.47. The van der Waals surface area contributed by atoms with Gasteiger partial charge in [-0.15, -0.1) is 0 Å². The van der Waals surface area contributed by atoms with Crippen LogP contribution < -0.4 is 5.32 Å². The summed E-state index contributed by atoms with van der Waals surface area (Å²) in [6.45, 7) is 5.23. The third kappa shape index (κ3) is 4.05. The highest BCUT2D eigenvalue weighted by Crippen LogP contribution is 2.28. The van der Waals surface area contributed by atoms with E-state index >= 15 is 0 Å². The molecule has 2 saturated carbocycles. The largest absolute Gasteiger partial charge is 0.360 e. The maximum atomic E-state index is 5.47. The Bertz CT molecular complexity index is 396. The average molecular weight is 263 g/mol. The predicted octanol–water partition coefficient (Wildman–Crippen LogP) is 2.69. The van der Waals surface area contributed by atoms with Crippen LogP contribution in [0.4, 0.5) is 0 Å². The van der Waals surface area contributed by atoms with Crippen molar-refractivity contribution in [2.45, 2.75) is 70.6 Å². The van der Waals surface area contributed by atoms with Crippen molar-refractivity contribution in [2.24, 2.45) is 0 Å². The molecule has 2 aliphatic carbocycles. The van der Waals surface area contributed by atoms with Crippen molar-refractivity contribution >= 4 is 0 Å². The molecular formula is C15H25N3O. The molecule has 3 rings (SSSR count). The maximum Gasteiger partial charge on any atom is 0.151 e. The molecule has 1 heterocycles. The quantitative estimate of drug-likeness (QED) is 0.744. The molecule has 1 aromatic rings. The van der Waals surface area contributed by atoms with Crippen LogP contribution in [0, 0.1) is 0 Å². The Kier molecular flexibility index (Phi) is 4.18. The fourth-order valence-corrected chi connectivity index (χ4v) is 2.44. The summed E-state index contributed by atoms with van der Waals surface area (Å²) in [5.41, 5.74) is 1.05. The van der Waals surface area contributed by atoms with Gasteiger partial charge in [0.1, 0.15) is 0 Å². The van der Waals surface area contributed by atoms with Crippen molar-refractivity contribution < 1.29 is 4.52 Å². The van der Waals surface area contributed by atoms with Crippen molar-refractivity contribution in [3.05, 3.63) is 17.5 Å². The van der Waals surface area contributed by atoms with Gasteiger partial charge in [-0.2, -0.15) is 0 Å². The second-order valence-corrected chi connectivity index (χ2v) is 5.99. The molecule has 1 aromatic heterocycles. The first-order valence-corrected chi connectivity index (χ1v) is 7.77. The van der Waals surface area contributed by atoms with Crippen LogP contribution in [0.25, 0.3) is 0 Å². The number of nitrogens with one attached hydrogen (secondary N) is 1. The minimum Gasteiger partial charge on any atom is -0.360 e. The SMILES string of the molecule is CCCCN(Cc1cc(CNC2CC2)no1)C1CC1. The Hall–Kier alpha value is -0.870. The van der Waals surface area contributed by atoms with Crippen molar-refractivity contribution in [2.75, 3.05) is 6.54 Å². The average Bonchev–Trinajstić information content (AvgIpc) is 3.32. The minimum absolute atomic E-state index is 0.729.